The molecule has 1 aliphatic carbocycles. The van der Waals surface area contributed by atoms with Crippen LogP contribution in [-0.2, 0) is 18.4 Å². The molecule has 0 radical (unpaired) electrons. The summed E-state index contributed by atoms with van der Waals surface area (Å²) in [5, 5.41) is 4.10. The summed E-state index contributed by atoms with van der Waals surface area (Å²) in [5.74, 6) is 1.32. The smallest absolute Gasteiger partial charge is 0.253 e. The maximum atomic E-state index is 13.5. The molecular formula is C31H38N8O2. The van der Waals surface area contributed by atoms with E-state index in [0.717, 1.165) is 40.1 Å². The van der Waals surface area contributed by atoms with E-state index in [9.17, 15) is 9.59 Å². The molecule has 0 bridgehead atoms. The van der Waals surface area contributed by atoms with Gasteiger partial charge in [0.15, 0.2) is 5.82 Å². The van der Waals surface area contributed by atoms with Crippen molar-refractivity contribution in [3.8, 4) is 11.5 Å². The number of amides is 2. The summed E-state index contributed by atoms with van der Waals surface area (Å²) in [6, 6.07) is 11.4. The largest absolute Gasteiger partial charge is 0.348 e. The minimum atomic E-state index is -0.342. The quantitative estimate of drug-likeness (QED) is 0.324. The molecule has 10 nitrogen and oxygen atoms in total. The predicted molar refractivity (Wildman–Crippen MR) is 160 cm³/mol. The lowest BCUT2D eigenvalue weighted by atomic mass is 9.99. The van der Waals surface area contributed by atoms with Crippen molar-refractivity contribution >= 4 is 33.9 Å². The van der Waals surface area contributed by atoms with Gasteiger partial charge >= 0.3 is 0 Å². The average molecular weight is 555 g/mol. The van der Waals surface area contributed by atoms with Crippen molar-refractivity contribution in [1.82, 2.24) is 34.2 Å². The molecule has 2 fully saturated rings. The van der Waals surface area contributed by atoms with Gasteiger partial charge in [-0.1, -0.05) is 6.08 Å². The molecule has 10 heteroatoms. The highest BCUT2D eigenvalue weighted by atomic mass is 16.2. The normalized spacial score (nSPS) is 19.6. The van der Waals surface area contributed by atoms with Crippen molar-refractivity contribution < 1.29 is 9.59 Å². The number of piperidine rings is 1. The standard InChI is InChI=1S/C31H38N8O2/c1-36(2)14-5-7-28(40)34-24-12-15-38(19-23(24)32)31(41)22-10-11-26-25(16-22)35-30(37(26)3)27-17-21-6-4-13-33-29(21)39(27)18-20-8-9-20/h4-7,10-11,13,16-17,20,23-24H,8-9,12,14-15,18-19,32H2,1-3H3,(H,34,40)/b7-5-/t23-,24+/m1/s1. The monoisotopic (exact) mass is 554 g/mol. The Morgan fingerprint density at radius 1 is 1.17 bits per heavy atom. The first-order valence-corrected chi connectivity index (χ1v) is 14.4. The molecule has 3 N–H and O–H groups in total. The molecule has 4 heterocycles. The van der Waals surface area contributed by atoms with Crippen LogP contribution in [0.1, 0.15) is 29.6 Å². The molecule has 2 amide bonds. The van der Waals surface area contributed by atoms with E-state index in [1.807, 2.05) is 62.6 Å². The summed E-state index contributed by atoms with van der Waals surface area (Å²) in [4.78, 5) is 39.2. The number of likely N-dealkylation sites (N-methyl/N-ethyl adjacent to an activating group) is 1. The molecular weight excluding hydrogens is 516 g/mol. The van der Waals surface area contributed by atoms with Gasteiger partial charge in [0, 0.05) is 68.5 Å². The van der Waals surface area contributed by atoms with Crippen LogP contribution in [0.25, 0.3) is 33.6 Å². The first kappa shape index (κ1) is 27.2. The third-order valence-corrected chi connectivity index (χ3v) is 8.16. The highest BCUT2D eigenvalue weighted by Gasteiger charge is 2.31. The van der Waals surface area contributed by atoms with Gasteiger partial charge in [0.25, 0.3) is 5.91 Å². The van der Waals surface area contributed by atoms with Crippen LogP contribution in [0, 0.1) is 5.92 Å². The molecule has 2 atom stereocenters. The summed E-state index contributed by atoms with van der Waals surface area (Å²) in [6.45, 7) is 2.53. The van der Waals surface area contributed by atoms with Gasteiger partial charge in [-0.3, -0.25) is 9.59 Å². The second kappa shape index (κ2) is 11.1. The van der Waals surface area contributed by atoms with E-state index in [0.29, 0.717) is 37.5 Å². The second-order valence-electron chi connectivity index (χ2n) is 11.7. The molecule has 0 spiro atoms. The van der Waals surface area contributed by atoms with Gasteiger partial charge in [-0.25, -0.2) is 9.97 Å². The number of nitrogens with two attached hydrogens (primary N) is 1. The van der Waals surface area contributed by atoms with Crippen LogP contribution in [0.5, 0.6) is 0 Å². The van der Waals surface area contributed by atoms with Crippen LogP contribution in [-0.4, -0.2) is 86.5 Å². The van der Waals surface area contributed by atoms with Gasteiger partial charge in [0.1, 0.15) is 5.65 Å². The summed E-state index contributed by atoms with van der Waals surface area (Å²) in [6.07, 6.45) is 8.32. The Hall–Kier alpha value is -4.02. The Kier molecular flexibility index (Phi) is 7.35. The van der Waals surface area contributed by atoms with E-state index in [1.165, 1.54) is 12.8 Å². The number of nitrogens with one attached hydrogen (secondary N) is 1. The Labute approximate surface area is 239 Å². The van der Waals surface area contributed by atoms with Crippen LogP contribution >= 0.6 is 0 Å². The number of hydrogen-bond acceptors (Lipinski definition) is 6. The molecule has 4 aromatic rings. The Morgan fingerprint density at radius 3 is 2.76 bits per heavy atom. The molecule has 0 unspecified atom stereocenters. The number of benzene rings is 1. The topological polar surface area (TPSA) is 114 Å². The van der Waals surface area contributed by atoms with Gasteiger partial charge < -0.3 is 30.0 Å². The molecule has 2 aliphatic rings. The fraction of sp³-hybridized carbons (Fsp3) is 0.419. The third-order valence-electron chi connectivity index (χ3n) is 8.16. The van der Waals surface area contributed by atoms with E-state index in [-0.39, 0.29) is 23.9 Å². The molecule has 1 saturated carbocycles. The Morgan fingerprint density at radius 2 is 2.00 bits per heavy atom. The Balaban J connectivity index is 1.19. The maximum Gasteiger partial charge on any atom is 0.253 e. The first-order valence-electron chi connectivity index (χ1n) is 14.4. The second-order valence-corrected chi connectivity index (χ2v) is 11.7. The first-order chi connectivity index (χ1) is 19.8. The van der Waals surface area contributed by atoms with Crippen LogP contribution in [0.15, 0.2) is 54.7 Å². The molecule has 1 aliphatic heterocycles. The number of rotatable bonds is 8. The van der Waals surface area contributed by atoms with Crippen LogP contribution in [0.2, 0.25) is 0 Å². The van der Waals surface area contributed by atoms with E-state index >= 15 is 0 Å². The molecule has 41 heavy (non-hydrogen) atoms. The zero-order valence-electron chi connectivity index (χ0n) is 24.0. The number of imidazole rings is 1. The fourth-order valence-electron chi connectivity index (χ4n) is 5.71. The number of pyridine rings is 1. The number of aromatic nitrogens is 4. The van der Waals surface area contributed by atoms with E-state index in [1.54, 1.807) is 11.0 Å². The van der Waals surface area contributed by atoms with Gasteiger partial charge in [0.05, 0.1) is 16.7 Å². The van der Waals surface area contributed by atoms with Gasteiger partial charge in [-0.05, 0) is 75.7 Å². The minimum absolute atomic E-state index is 0.0720. The van der Waals surface area contributed by atoms with Crippen molar-refractivity contribution in [2.75, 3.05) is 33.7 Å². The molecule has 1 aromatic carbocycles. The maximum absolute atomic E-state index is 13.5. The molecule has 6 rings (SSSR count). The fourth-order valence-corrected chi connectivity index (χ4v) is 5.71. The SMILES string of the molecule is CN(C)C/C=C\C(=O)N[C@H]1CCN(C(=O)c2ccc3c(c2)nc(-c2cc4cccnc4n2CC2CC2)n3C)C[C@H]1N. The van der Waals surface area contributed by atoms with Crippen LogP contribution in [0.3, 0.4) is 0 Å². The minimum Gasteiger partial charge on any atom is -0.348 e. The lowest BCUT2D eigenvalue weighted by Gasteiger charge is -2.37. The highest BCUT2D eigenvalue weighted by molar-refractivity contribution is 5.98. The third kappa shape index (κ3) is 5.62. The van der Waals surface area contributed by atoms with Gasteiger partial charge in [-0.15, -0.1) is 0 Å². The van der Waals surface area contributed by atoms with E-state index in [4.69, 9.17) is 10.7 Å². The zero-order chi connectivity index (χ0) is 28.7. The number of carbonyl (C=O) groups excluding carboxylic acids is 2. The summed E-state index contributed by atoms with van der Waals surface area (Å²) >= 11 is 0. The number of fused-ring (bicyclic) bond motifs is 2. The lowest BCUT2D eigenvalue weighted by molar-refractivity contribution is -0.117. The number of hydrogen-bond donors (Lipinski definition) is 2. The van der Waals surface area contributed by atoms with Crippen molar-refractivity contribution in [2.24, 2.45) is 18.7 Å². The lowest BCUT2D eigenvalue weighted by Crippen LogP contribution is -2.58. The number of aryl methyl sites for hydroxylation is 1. The van der Waals surface area contributed by atoms with E-state index in [2.05, 4.69) is 31.6 Å². The zero-order valence-corrected chi connectivity index (χ0v) is 24.0. The number of likely N-dealkylation sites (tertiary alicyclic amines) is 1. The average Bonchev–Trinajstić information content (AvgIpc) is 3.62. The van der Waals surface area contributed by atoms with Crippen LogP contribution < -0.4 is 11.1 Å². The predicted octanol–water partition coefficient (Wildman–Crippen LogP) is 2.78. The van der Waals surface area contributed by atoms with Crippen molar-refractivity contribution in [2.45, 2.75) is 37.9 Å². The number of nitrogens with zero attached hydrogens (tertiary/aromatic N) is 6. The summed E-state index contributed by atoms with van der Waals surface area (Å²) < 4.78 is 4.39. The van der Waals surface area contributed by atoms with Gasteiger partial charge in [0.2, 0.25) is 5.91 Å². The number of carbonyl (C=O) groups is 2. The van der Waals surface area contributed by atoms with Crippen LogP contribution in [0.4, 0.5) is 0 Å². The highest BCUT2D eigenvalue weighted by Crippen LogP contribution is 2.36. The molecule has 3 aromatic heterocycles. The molecule has 1 saturated heterocycles. The van der Waals surface area contributed by atoms with Crippen molar-refractivity contribution in [3.63, 3.8) is 0 Å². The van der Waals surface area contributed by atoms with Gasteiger partial charge in [-0.2, -0.15) is 0 Å². The van der Waals surface area contributed by atoms with E-state index < -0.39 is 0 Å². The Bertz CT molecular complexity index is 1630. The summed E-state index contributed by atoms with van der Waals surface area (Å²) in [7, 11) is 5.92. The van der Waals surface area contributed by atoms with Crippen molar-refractivity contribution in [3.05, 3.63) is 60.3 Å². The molecule has 214 valence electrons. The summed E-state index contributed by atoms with van der Waals surface area (Å²) in [5.41, 5.74) is 10.8. The van der Waals surface area contributed by atoms with Crippen molar-refractivity contribution in [1.29, 1.82) is 0 Å².